The molecule has 10 rings (SSSR count). The van der Waals surface area contributed by atoms with Gasteiger partial charge in [-0.3, -0.25) is 0 Å². The van der Waals surface area contributed by atoms with E-state index in [2.05, 4.69) is 151 Å². The summed E-state index contributed by atoms with van der Waals surface area (Å²) in [6, 6.07) is 44.5. The molecule has 0 nitrogen and oxygen atoms in total. The Bertz CT molecular complexity index is 3800. The quantitative estimate of drug-likeness (QED) is 0.105. The average Bonchev–Trinajstić information content (AvgIpc) is 3.43. The van der Waals surface area contributed by atoms with Crippen LogP contribution in [0.1, 0.15) is 70.5 Å². The Labute approximate surface area is 406 Å². The normalized spacial score (nSPS) is 15.0. The van der Waals surface area contributed by atoms with E-state index in [4.69, 9.17) is 8.22 Å². The van der Waals surface area contributed by atoms with Crippen LogP contribution in [0.2, 0.25) is 0 Å². The zero-order chi connectivity index (χ0) is 56.1. The summed E-state index contributed by atoms with van der Waals surface area (Å²) in [6.07, 6.45) is 0. The van der Waals surface area contributed by atoms with Crippen molar-refractivity contribution in [1.29, 1.82) is 0 Å². The van der Waals surface area contributed by atoms with Crippen molar-refractivity contribution in [3.63, 3.8) is 0 Å². The summed E-state index contributed by atoms with van der Waals surface area (Å²) in [7, 11) is 0. The van der Waals surface area contributed by atoms with Crippen molar-refractivity contribution in [2.24, 2.45) is 0 Å². The van der Waals surface area contributed by atoms with E-state index in [1.165, 1.54) is 17.6 Å². The van der Waals surface area contributed by atoms with Crippen LogP contribution in [0.4, 0.5) is 0 Å². The van der Waals surface area contributed by atoms with E-state index < -0.39 is 108 Å². The first-order valence-corrected chi connectivity index (χ1v) is 26.2. The van der Waals surface area contributed by atoms with Crippen molar-refractivity contribution in [2.45, 2.75) is 52.4 Å². The van der Waals surface area contributed by atoms with Gasteiger partial charge in [0.15, 0.2) is 0 Å². The standard InChI is InChI=1S/C64H56Ge/c1-63(2,3)48-38-42-57-58(43-48)60(47-35-39-53(40-36-47)65(50-27-16-9-17-28-50,51-29-18-10-19-30-51)52-31-20-11-21-32-52)56-41-37-49(64(4,5)6)44-59(56)62(57)61-54(45-23-12-7-13-24-45)33-22-34-55(61)46-25-14-8-15-26-46/h7-44H,1-6H3/i7D,8D,12D,13D,14D,15D,22D,23D,24D,25D,26D,33D,34D. The first kappa shape index (κ1) is 29.7. The fourth-order valence-electron chi connectivity index (χ4n) is 9.47. The molecule has 0 fully saturated rings. The number of benzene rings is 10. The van der Waals surface area contributed by atoms with E-state index in [0.29, 0.717) is 16.3 Å². The molecule has 0 unspecified atom stereocenters. The second-order valence-electron chi connectivity index (χ2n) is 18.7. The van der Waals surface area contributed by atoms with Crippen molar-refractivity contribution in [2.75, 3.05) is 0 Å². The van der Waals surface area contributed by atoms with Gasteiger partial charge in [-0.15, -0.1) is 0 Å². The third-order valence-electron chi connectivity index (χ3n) is 12.7. The molecule has 316 valence electrons. The predicted molar refractivity (Wildman–Crippen MR) is 284 cm³/mol. The van der Waals surface area contributed by atoms with Crippen molar-refractivity contribution in [3.8, 4) is 44.5 Å². The molecule has 0 saturated carbocycles. The van der Waals surface area contributed by atoms with Gasteiger partial charge in [0, 0.05) is 0 Å². The fraction of sp³-hybridized carbons (Fsp3) is 0.125. The summed E-state index contributed by atoms with van der Waals surface area (Å²) in [6.45, 7) is 12.6. The maximum atomic E-state index is 9.81. The minimum Gasteiger partial charge on any atom is -0.0617 e. The number of hydrogen-bond acceptors (Lipinski definition) is 0. The molecule has 0 radical (unpaired) electrons. The van der Waals surface area contributed by atoms with Crippen molar-refractivity contribution >= 4 is 52.4 Å². The molecule has 0 aliphatic heterocycles. The molecule has 0 atom stereocenters. The van der Waals surface area contributed by atoms with E-state index in [1.807, 2.05) is 42.5 Å². The number of hydrogen-bond donors (Lipinski definition) is 0. The van der Waals surface area contributed by atoms with E-state index in [9.17, 15) is 9.60 Å². The average molecular weight is 911 g/mol. The molecule has 1 heteroatoms. The summed E-state index contributed by atoms with van der Waals surface area (Å²) in [5.41, 5.74) is 1.54. The summed E-state index contributed by atoms with van der Waals surface area (Å²) in [5, 5.41) is 2.58. The third-order valence-corrected chi connectivity index (χ3v) is 22.8. The Kier molecular flexibility index (Phi) is 7.76. The second-order valence-corrected chi connectivity index (χ2v) is 26.7. The van der Waals surface area contributed by atoms with E-state index in [1.54, 1.807) is 0 Å². The van der Waals surface area contributed by atoms with E-state index in [-0.39, 0.29) is 22.1 Å². The summed E-state index contributed by atoms with van der Waals surface area (Å²) in [5.74, 6) is 0. The molecular weight excluding hydrogens is 841 g/mol. The molecule has 10 aromatic rings. The van der Waals surface area contributed by atoms with Gasteiger partial charge in [0.05, 0.1) is 15.1 Å². The van der Waals surface area contributed by atoms with Crippen LogP contribution in [0.15, 0.2) is 230 Å². The Hall–Kier alpha value is -6.74. The first-order valence-electron chi connectivity index (χ1n) is 28.5. The van der Waals surface area contributed by atoms with Crippen LogP contribution in [0.25, 0.3) is 66.1 Å². The van der Waals surface area contributed by atoms with Crippen LogP contribution >= 0.6 is 0 Å². The molecule has 0 spiro atoms. The Balaban J connectivity index is 1.43. The third kappa shape index (κ3) is 7.64. The fourth-order valence-corrected chi connectivity index (χ4v) is 19.4. The molecule has 0 N–H and O–H groups in total. The first-order chi connectivity index (χ1) is 36.9. The van der Waals surface area contributed by atoms with E-state index >= 15 is 0 Å². The Morgan fingerprint density at radius 2 is 0.708 bits per heavy atom. The van der Waals surface area contributed by atoms with Crippen LogP contribution < -0.4 is 17.6 Å². The minimum absolute atomic E-state index is 0.0732. The van der Waals surface area contributed by atoms with Crippen LogP contribution in [0, 0.1) is 0 Å². The number of rotatable bonds is 8. The van der Waals surface area contributed by atoms with Gasteiger partial charge < -0.3 is 0 Å². The Morgan fingerprint density at radius 3 is 1.12 bits per heavy atom. The van der Waals surface area contributed by atoms with Gasteiger partial charge in [0.2, 0.25) is 0 Å². The van der Waals surface area contributed by atoms with Gasteiger partial charge in [0.1, 0.15) is 0 Å². The monoisotopic (exact) mass is 911 g/mol. The van der Waals surface area contributed by atoms with Crippen LogP contribution in [-0.2, 0) is 10.8 Å². The number of fused-ring (bicyclic) bond motifs is 2. The SMILES string of the molecule is [2H]c1c([2H])c([2H])c(-c2c([2H])c([2H])c([2H])c(-c3c([2H])c([2H])c([2H])c([2H])c3[2H])c2-c2c3ccc(C(C)(C)C)cc3c(-c3cc[c]([Ge]([c]4ccccc4)([c]4ccccc4)[c]4ccccc4)cc3)c3ccc(C(C)(C)C)cc23)c([2H])c1[2H]. The molecule has 0 heterocycles. The molecule has 10 aromatic carbocycles. The minimum atomic E-state index is -3.75. The van der Waals surface area contributed by atoms with Crippen molar-refractivity contribution in [1.82, 2.24) is 0 Å². The molecule has 65 heavy (non-hydrogen) atoms. The molecule has 0 aliphatic rings. The van der Waals surface area contributed by atoms with Crippen LogP contribution in [0.5, 0.6) is 0 Å². The summed E-state index contributed by atoms with van der Waals surface area (Å²) in [4.78, 5) is 0. The van der Waals surface area contributed by atoms with Gasteiger partial charge in [-0.25, -0.2) is 0 Å². The summed E-state index contributed by atoms with van der Waals surface area (Å²) >= 11 is -3.75. The predicted octanol–water partition coefficient (Wildman–Crippen LogP) is 14.6. The van der Waals surface area contributed by atoms with Gasteiger partial charge in [-0.2, -0.15) is 0 Å². The van der Waals surface area contributed by atoms with Gasteiger partial charge in [-0.05, 0) is 0 Å². The zero-order valence-corrected chi connectivity index (χ0v) is 39.5. The van der Waals surface area contributed by atoms with Gasteiger partial charge >= 0.3 is 357 Å². The Morgan fingerprint density at radius 1 is 0.323 bits per heavy atom. The molecular formula is C64H56Ge. The molecule has 0 aliphatic carbocycles. The second kappa shape index (κ2) is 17.0. The molecule has 0 bridgehead atoms. The maximum absolute atomic E-state index is 9.81. The summed E-state index contributed by atoms with van der Waals surface area (Å²) < 4.78 is 124. The molecule has 0 saturated heterocycles. The van der Waals surface area contributed by atoms with Crippen molar-refractivity contribution < 1.29 is 17.8 Å². The molecule has 0 aromatic heterocycles. The van der Waals surface area contributed by atoms with Crippen molar-refractivity contribution in [3.05, 3.63) is 241 Å². The smallest absolute Gasteiger partial charge is 0.0617 e. The van der Waals surface area contributed by atoms with E-state index in [0.717, 1.165) is 33.0 Å². The van der Waals surface area contributed by atoms with Gasteiger partial charge in [-0.1, -0.05) is 36.3 Å². The molecule has 0 amide bonds. The topological polar surface area (TPSA) is 0 Å². The van der Waals surface area contributed by atoms with Crippen LogP contribution in [-0.4, -0.2) is 13.3 Å². The zero-order valence-electron chi connectivity index (χ0n) is 50.4. The van der Waals surface area contributed by atoms with Gasteiger partial charge in [0.25, 0.3) is 0 Å². The van der Waals surface area contributed by atoms with Crippen LogP contribution in [0.3, 0.4) is 0 Å².